The summed E-state index contributed by atoms with van der Waals surface area (Å²) in [5.41, 5.74) is 1.23. The van der Waals surface area contributed by atoms with Crippen LogP contribution in [0.1, 0.15) is 73.1 Å². The molecule has 0 fully saturated rings. The van der Waals surface area contributed by atoms with Crippen molar-refractivity contribution in [3.8, 4) is 0 Å². The van der Waals surface area contributed by atoms with Crippen LogP contribution in [0.25, 0.3) is 0 Å². The SMILES string of the molecule is CCOC(=O)CC(O)CC(O)CCC1C(C)C=CC2=CC(C)CC(OC(=O)C(C)CC)C21. The number of aliphatic hydroxyl groups excluding tert-OH is 2. The molecule has 0 aromatic rings. The first-order valence-corrected chi connectivity index (χ1v) is 12.3. The molecule has 0 bridgehead atoms. The Kier molecular flexibility index (Phi) is 10.4. The van der Waals surface area contributed by atoms with Gasteiger partial charge in [0, 0.05) is 5.92 Å². The molecule has 6 heteroatoms. The van der Waals surface area contributed by atoms with E-state index in [1.54, 1.807) is 6.92 Å². The molecule has 2 N–H and O–H groups in total. The van der Waals surface area contributed by atoms with Crippen LogP contribution in [0.2, 0.25) is 0 Å². The van der Waals surface area contributed by atoms with Gasteiger partial charge in [0.15, 0.2) is 0 Å². The number of ether oxygens (including phenoxy) is 2. The molecule has 32 heavy (non-hydrogen) atoms. The molecular weight excluding hydrogens is 408 g/mol. The minimum Gasteiger partial charge on any atom is -0.466 e. The topological polar surface area (TPSA) is 93.1 Å². The van der Waals surface area contributed by atoms with E-state index < -0.39 is 18.2 Å². The molecule has 0 radical (unpaired) electrons. The highest BCUT2D eigenvalue weighted by Crippen LogP contribution is 2.45. The summed E-state index contributed by atoms with van der Waals surface area (Å²) >= 11 is 0. The predicted octanol–water partition coefficient (Wildman–Crippen LogP) is 4.19. The predicted molar refractivity (Wildman–Crippen MR) is 124 cm³/mol. The second-order valence-electron chi connectivity index (χ2n) is 9.70. The number of esters is 2. The molecule has 8 unspecified atom stereocenters. The van der Waals surface area contributed by atoms with Crippen LogP contribution in [0, 0.1) is 29.6 Å². The minimum absolute atomic E-state index is 0.103. The summed E-state index contributed by atoms with van der Waals surface area (Å²) < 4.78 is 10.9. The molecule has 8 atom stereocenters. The van der Waals surface area contributed by atoms with Gasteiger partial charge in [-0.3, -0.25) is 9.59 Å². The Bertz CT molecular complexity index is 684. The Morgan fingerprint density at radius 2 is 1.91 bits per heavy atom. The van der Waals surface area contributed by atoms with E-state index in [0.717, 1.165) is 19.3 Å². The Morgan fingerprint density at radius 3 is 2.56 bits per heavy atom. The van der Waals surface area contributed by atoms with Crippen LogP contribution in [0.5, 0.6) is 0 Å². The molecule has 2 aliphatic rings. The molecule has 182 valence electrons. The van der Waals surface area contributed by atoms with Gasteiger partial charge in [-0.2, -0.15) is 0 Å². The summed E-state index contributed by atoms with van der Waals surface area (Å²) in [6, 6.07) is 0. The minimum atomic E-state index is -0.914. The van der Waals surface area contributed by atoms with Crippen LogP contribution in [0.15, 0.2) is 23.8 Å². The second-order valence-corrected chi connectivity index (χ2v) is 9.70. The van der Waals surface area contributed by atoms with Crippen molar-refractivity contribution in [2.45, 2.75) is 91.5 Å². The standard InChI is InChI=1S/C26H42O6/c1-6-17(4)26(30)32-23-13-16(3)12-19-9-8-18(5)22(25(19)23)11-10-20(27)14-21(28)15-24(29)31-7-2/h8-9,12,16-18,20-23,25,27-28H,6-7,10-11,13-15H2,1-5H3. The Hall–Kier alpha value is -1.66. The number of aliphatic hydroxyl groups is 2. The smallest absolute Gasteiger partial charge is 0.308 e. The highest BCUT2D eigenvalue weighted by atomic mass is 16.5. The maximum absolute atomic E-state index is 12.6. The van der Waals surface area contributed by atoms with Gasteiger partial charge < -0.3 is 19.7 Å². The number of allylic oxidation sites excluding steroid dienone is 3. The van der Waals surface area contributed by atoms with E-state index in [9.17, 15) is 19.8 Å². The number of carbonyl (C=O) groups is 2. The molecule has 2 rings (SSSR count). The Balaban J connectivity index is 2.04. The van der Waals surface area contributed by atoms with Gasteiger partial charge in [-0.05, 0) is 62.4 Å². The van der Waals surface area contributed by atoms with Crippen LogP contribution in [0.3, 0.4) is 0 Å². The quantitative estimate of drug-likeness (QED) is 0.459. The van der Waals surface area contributed by atoms with Crippen LogP contribution >= 0.6 is 0 Å². The lowest BCUT2D eigenvalue weighted by atomic mass is 9.65. The number of hydrogen-bond acceptors (Lipinski definition) is 6. The van der Waals surface area contributed by atoms with Crippen molar-refractivity contribution in [1.29, 1.82) is 0 Å². The molecule has 0 aromatic carbocycles. The first kappa shape index (κ1) is 26.6. The first-order chi connectivity index (χ1) is 15.2. The average Bonchev–Trinajstić information content (AvgIpc) is 2.72. The third-order valence-corrected chi connectivity index (χ3v) is 6.96. The monoisotopic (exact) mass is 450 g/mol. The van der Waals surface area contributed by atoms with Crippen molar-refractivity contribution in [2.75, 3.05) is 6.61 Å². The summed E-state index contributed by atoms with van der Waals surface area (Å²) in [5.74, 6) is 0.313. The van der Waals surface area contributed by atoms with Crippen LogP contribution in [-0.2, 0) is 19.1 Å². The van der Waals surface area contributed by atoms with Gasteiger partial charge in [0.25, 0.3) is 0 Å². The average molecular weight is 451 g/mol. The third kappa shape index (κ3) is 7.45. The van der Waals surface area contributed by atoms with Crippen LogP contribution < -0.4 is 0 Å². The van der Waals surface area contributed by atoms with Gasteiger partial charge in [-0.1, -0.05) is 45.9 Å². The molecule has 2 aliphatic carbocycles. The molecule has 0 aromatic heterocycles. The molecule has 0 saturated heterocycles. The van der Waals surface area contributed by atoms with E-state index in [1.165, 1.54) is 5.57 Å². The Morgan fingerprint density at radius 1 is 1.19 bits per heavy atom. The summed E-state index contributed by atoms with van der Waals surface area (Å²) in [7, 11) is 0. The number of rotatable bonds is 11. The molecule has 6 nitrogen and oxygen atoms in total. The zero-order valence-electron chi connectivity index (χ0n) is 20.3. The fourth-order valence-corrected chi connectivity index (χ4v) is 4.97. The normalized spacial score (nSPS) is 30.0. The van der Waals surface area contributed by atoms with Crippen molar-refractivity contribution in [1.82, 2.24) is 0 Å². The first-order valence-electron chi connectivity index (χ1n) is 12.3. The molecular formula is C26H42O6. The number of fused-ring (bicyclic) bond motifs is 1. The van der Waals surface area contributed by atoms with Crippen molar-refractivity contribution in [3.63, 3.8) is 0 Å². The van der Waals surface area contributed by atoms with E-state index >= 15 is 0 Å². The summed E-state index contributed by atoms with van der Waals surface area (Å²) in [5, 5.41) is 20.6. The van der Waals surface area contributed by atoms with E-state index in [1.807, 2.05) is 13.8 Å². The van der Waals surface area contributed by atoms with E-state index in [4.69, 9.17) is 9.47 Å². The van der Waals surface area contributed by atoms with Gasteiger partial charge >= 0.3 is 11.9 Å². The maximum atomic E-state index is 12.6. The van der Waals surface area contributed by atoms with E-state index in [2.05, 4.69) is 32.1 Å². The van der Waals surface area contributed by atoms with Crippen molar-refractivity contribution in [2.24, 2.45) is 29.6 Å². The lowest BCUT2D eigenvalue weighted by Gasteiger charge is -2.43. The summed E-state index contributed by atoms with van der Waals surface area (Å²) in [6.45, 7) is 10.2. The fraction of sp³-hybridized carbons (Fsp3) is 0.769. The molecule has 0 aliphatic heterocycles. The molecule has 0 heterocycles. The summed E-state index contributed by atoms with van der Waals surface area (Å²) in [6.07, 6.45) is 7.79. The highest BCUT2D eigenvalue weighted by Gasteiger charge is 2.41. The lowest BCUT2D eigenvalue weighted by molar-refractivity contribution is -0.158. The summed E-state index contributed by atoms with van der Waals surface area (Å²) in [4.78, 5) is 24.1. The molecule has 0 saturated carbocycles. The van der Waals surface area contributed by atoms with Gasteiger partial charge in [0.1, 0.15) is 6.10 Å². The zero-order chi connectivity index (χ0) is 23.8. The Labute approximate surface area is 193 Å². The van der Waals surface area contributed by atoms with Crippen LogP contribution in [-0.4, -0.2) is 47.1 Å². The highest BCUT2D eigenvalue weighted by molar-refractivity contribution is 5.72. The van der Waals surface area contributed by atoms with E-state index in [-0.39, 0.29) is 49.3 Å². The number of hydrogen-bond donors (Lipinski definition) is 2. The van der Waals surface area contributed by atoms with Gasteiger partial charge in [0.05, 0.1) is 31.2 Å². The van der Waals surface area contributed by atoms with Crippen molar-refractivity contribution in [3.05, 3.63) is 23.8 Å². The van der Waals surface area contributed by atoms with Crippen molar-refractivity contribution >= 4 is 11.9 Å². The fourth-order valence-electron chi connectivity index (χ4n) is 4.97. The second kappa shape index (κ2) is 12.5. The van der Waals surface area contributed by atoms with E-state index in [0.29, 0.717) is 18.3 Å². The zero-order valence-corrected chi connectivity index (χ0v) is 20.3. The van der Waals surface area contributed by atoms with Gasteiger partial charge in [0.2, 0.25) is 0 Å². The third-order valence-electron chi connectivity index (χ3n) is 6.96. The maximum Gasteiger partial charge on any atom is 0.308 e. The van der Waals surface area contributed by atoms with Gasteiger partial charge in [-0.25, -0.2) is 0 Å². The lowest BCUT2D eigenvalue weighted by Crippen LogP contribution is -2.41. The van der Waals surface area contributed by atoms with Crippen LogP contribution in [0.4, 0.5) is 0 Å². The van der Waals surface area contributed by atoms with Gasteiger partial charge in [-0.15, -0.1) is 0 Å². The largest absolute Gasteiger partial charge is 0.466 e. The number of carbonyl (C=O) groups excluding carboxylic acids is 2. The molecule has 0 amide bonds. The molecule has 0 spiro atoms. The van der Waals surface area contributed by atoms with Crippen molar-refractivity contribution < 1.29 is 29.3 Å².